The van der Waals surface area contributed by atoms with Crippen molar-refractivity contribution in [3.05, 3.63) is 29.3 Å². The number of benzene rings is 1. The second kappa shape index (κ2) is 3.93. The normalized spacial score (nSPS) is 21.7. The first kappa shape index (κ1) is 10.0. The van der Waals surface area contributed by atoms with E-state index in [1.54, 1.807) is 7.11 Å². The maximum Gasteiger partial charge on any atom is 0.119 e. The van der Waals surface area contributed by atoms with Crippen LogP contribution in [-0.2, 0) is 6.42 Å². The van der Waals surface area contributed by atoms with Gasteiger partial charge < -0.3 is 9.94 Å². The van der Waals surface area contributed by atoms with Gasteiger partial charge in [-0.3, -0.25) is 0 Å². The molecule has 0 saturated carbocycles. The molecule has 0 bridgehead atoms. The van der Waals surface area contributed by atoms with Gasteiger partial charge in [0.15, 0.2) is 0 Å². The van der Waals surface area contributed by atoms with E-state index >= 15 is 0 Å². The van der Waals surface area contributed by atoms with Crippen LogP contribution in [-0.4, -0.2) is 18.0 Å². The third-order valence-corrected chi connectivity index (χ3v) is 3.05. The van der Waals surface area contributed by atoms with Gasteiger partial charge in [0.1, 0.15) is 5.75 Å². The Labute approximate surface area is 89.4 Å². The molecule has 0 spiro atoms. The number of hydrogen-bond acceptors (Lipinski definition) is 3. The molecule has 0 heterocycles. The zero-order chi connectivity index (χ0) is 10.8. The Kier molecular flexibility index (Phi) is 2.62. The predicted octanol–water partition coefficient (Wildman–Crippen LogP) is 2.46. The van der Waals surface area contributed by atoms with Gasteiger partial charge in [-0.1, -0.05) is 18.1 Å². The highest BCUT2D eigenvalue weighted by molar-refractivity contribution is 6.06. The molecular weight excluding hydrogens is 190 g/mol. The fourth-order valence-electron chi connectivity index (χ4n) is 2.15. The lowest BCUT2D eigenvalue weighted by molar-refractivity contribution is 0.315. The van der Waals surface area contributed by atoms with Crippen molar-refractivity contribution in [2.24, 2.45) is 11.1 Å². The van der Waals surface area contributed by atoms with Crippen molar-refractivity contribution in [3.63, 3.8) is 0 Å². The standard InChI is InChI=1S/C12H15NO2/c1-3-8-6-9-4-5-10(15-2)7-11(9)12(8)13-14/h4-5,7-8,14H,3,6H2,1-2H3. The van der Waals surface area contributed by atoms with Gasteiger partial charge in [-0.25, -0.2) is 0 Å². The van der Waals surface area contributed by atoms with Crippen molar-refractivity contribution in [1.29, 1.82) is 0 Å². The van der Waals surface area contributed by atoms with Gasteiger partial charge in [0, 0.05) is 11.5 Å². The maximum atomic E-state index is 9.03. The number of hydrogen-bond donors (Lipinski definition) is 1. The molecule has 1 aromatic carbocycles. The van der Waals surface area contributed by atoms with Crippen LogP contribution in [0, 0.1) is 5.92 Å². The predicted molar refractivity (Wildman–Crippen MR) is 58.8 cm³/mol. The lowest BCUT2D eigenvalue weighted by Crippen LogP contribution is -2.08. The van der Waals surface area contributed by atoms with Crippen LogP contribution < -0.4 is 4.74 Å². The lowest BCUT2D eigenvalue weighted by atomic mass is 10.0. The van der Waals surface area contributed by atoms with Crippen LogP contribution in [0.3, 0.4) is 0 Å². The third-order valence-electron chi connectivity index (χ3n) is 3.05. The summed E-state index contributed by atoms with van der Waals surface area (Å²) in [7, 11) is 1.64. The van der Waals surface area contributed by atoms with E-state index in [-0.39, 0.29) is 0 Å². The maximum absolute atomic E-state index is 9.03. The Morgan fingerprint density at radius 1 is 1.53 bits per heavy atom. The number of ether oxygens (including phenoxy) is 1. The molecule has 0 aliphatic heterocycles. The fraction of sp³-hybridized carbons (Fsp3) is 0.417. The van der Waals surface area contributed by atoms with Crippen molar-refractivity contribution in [1.82, 2.24) is 0 Å². The molecule has 1 N–H and O–H groups in total. The second-order valence-corrected chi connectivity index (χ2v) is 3.82. The zero-order valence-electron chi connectivity index (χ0n) is 9.03. The van der Waals surface area contributed by atoms with E-state index in [9.17, 15) is 0 Å². The van der Waals surface area contributed by atoms with Crippen LogP contribution in [0.25, 0.3) is 0 Å². The third kappa shape index (κ3) is 1.58. The summed E-state index contributed by atoms with van der Waals surface area (Å²) in [4.78, 5) is 0. The highest BCUT2D eigenvalue weighted by atomic mass is 16.5. The van der Waals surface area contributed by atoms with Gasteiger partial charge in [0.2, 0.25) is 0 Å². The molecule has 1 aliphatic rings. The summed E-state index contributed by atoms with van der Waals surface area (Å²) in [6.07, 6.45) is 1.96. The molecule has 1 aromatic rings. The summed E-state index contributed by atoms with van der Waals surface area (Å²) >= 11 is 0. The van der Waals surface area contributed by atoms with Gasteiger partial charge in [-0.2, -0.15) is 0 Å². The van der Waals surface area contributed by atoms with Crippen LogP contribution in [0.2, 0.25) is 0 Å². The van der Waals surface area contributed by atoms with Gasteiger partial charge in [-0.05, 0) is 30.5 Å². The van der Waals surface area contributed by atoms with E-state index < -0.39 is 0 Å². The number of nitrogens with zero attached hydrogens (tertiary/aromatic N) is 1. The van der Waals surface area contributed by atoms with Crippen molar-refractivity contribution in [2.75, 3.05) is 7.11 Å². The molecule has 3 nitrogen and oxygen atoms in total. The van der Waals surface area contributed by atoms with Gasteiger partial charge in [0.25, 0.3) is 0 Å². The number of oxime groups is 1. The topological polar surface area (TPSA) is 41.8 Å². The van der Waals surface area contributed by atoms with Gasteiger partial charge >= 0.3 is 0 Å². The van der Waals surface area contributed by atoms with Gasteiger partial charge in [-0.15, -0.1) is 0 Å². The highest BCUT2D eigenvalue weighted by Gasteiger charge is 2.27. The highest BCUT2D eigenvalue weighted by Crippen LogP contribution is 2.31. The second-order valence-electron chi connectivity index (χ2n) is 3.82. The smallest absolute Gasteiger partial charge is 0.119 e. The molecule has 1 atom stereocenters. The van der Waals surface area contributed by atoms with Crippen molar-refractivity contribution < 1.29 is 9.94 Å². The first-order valence-corrected chi connectivity index (χ1v) is 5.19. The molecule has 1 unspecified atom stereocenters. The molecule has 0 saturated heterocycles. The van der Waals surface area contributed by atoms with E-state index in [2.05, 4.69) is 18.1 Å². The Morgan fingerprint density at radius 3 is 2.93 bits per heavy atom. The van der Waals surface area contributed by atoms with Gasteiger partial charge in [0.05, 0.1) is 12.8 Å². The average molecular weight is 205 g/mol. The molecule has 0 amide bonds. The summed E-state index contributed by atoms with van der Waals surface area (Å²) in [5, 5.41) is 12.4. The molecule has 3 heteroatoms. The zero-order valence-corrected chi connectivity index (χ0v) is 9.03. The fourth-order valence-corrected chi connectivity index (χ4v) is 2.15. The Balaban J connectivity index is 2.45. The van der Waals surface area contributed by atoms with Crippen LogP contribution in [0.5, 0.6) is 5.75 Å². The molecular formula is C12H15NO2. The molecule has 15 heavy (non-hydrogen) atoms. The molecule has 2 rings (SSSR count). The average Bonchev–Trinajstić information content (AvgIpc) is 2.65. The quantitative estimate of drug-likeness (QED) is 0.595. The van der Waals surface area contributed by atoms with E-state index in [0.29, 0.717) is 5.92 Å². The minimum Gasteiger partial charge on any atom is -0.497 e. The minimum absolute atomic E-state index is 0.345. The Morgan fingerprint density at radius 2 is 2.33 bits per heavy atom. The van der Waals surface area contributed by atoms with Crippen molar-refractivity contribution in [3.8, 4) is 5.75 Å². The summed E-state index contributed by atoms with van der Waals surface area (Å²) in [5.74, 6) is 1.16. The summed E-state index contributed by atoms with van der Waals surface area (Å²) in [6.45, 7) is 2.11. The van der Waals surface area contributed by atoms with E-state index in [1.807, 2.05) is 12.1 Å². The largest absolute Gasteiger partial charge is 0.497 e. The van der Waals surface area contributed by atoms with E-state index in [0.717, 1.165) is 29.9 Å². The molecule has 80 valence electrons. The molecule has 0 fully saturated rings. The summed E-state index contributed by atoms with van der Waals surface area (Å²) in [6, 6.07) is 5.95. The lowest BCUT2D eigenvalue weighted by Gasteiger charge is -2.05. The monoisotopic (exact) mass is 205 g/mol. The number of rotatable bonds is 2. The van der Waals surface area contributed by atoms with E-state index in [4.69, 9.17) is 9.94 Å². The number of methoxy groups -OCH3 is 1. The first-order valence-electron chi connectivity index (χ1n) is 5.19. The van der Waals surface area contributed by atoms with Crippen molar-refractivity contribution in [2.45, 2.75) is 19.8 Å². The SMILES string of the molecule is CCC1Cc2ccc(OC)cc2C1=NO. The van der Waals surface area contributed by atoms with Crippen LogP contribution >= 0.6 is 0 Å². The van der Waals surface area contributed by atoms with Crippen LogP contribution in [0.4, 0.5) is 0 Å². The molecule has 0 aromatic heterocycles. The van der Waals surface area contributed by atoms with Crippen LogP contribution in [0.1, 0.15) is 24.5 Å². The minimum atomic E-state index is 0.345. The first-order chi connectivity index (χ1) is 7.30. The number of fused-ring (bicyclic) bond motifs is 1. The van der Waals surface area contributed by atoms with Crippen LogP contribution in [0.15, 0.2) is 23.4 Å². The molecule has 1 aliphatic carbocycles. The summed E-state index contributed by atoms with van der Waals surface area (Å²) in [5.41, 5.74) is 3.07. The Hall–Kier alpha value is -1.51. The molecule has 0 radical (unpaired) electrons. The van der Waals surface area contributed by atoms with Crippen molar-refractivity contribution >= 4 is 5.71 Å². The Bertz CT molecular complexity index is 399. The van der Waals surface area contributed by atoms with E-state index in [1.165, 1.54) is 5.56 Å². The summed E-state index contributed by atoms with van der Waals surface area (Å²) < 4.78 is 5.16.